The van der Waals surface area contributed by atoms with E-state index in [0.717, 1.165) is 46.0 Å². The quantitative estimate of drug-likeness (QED) is 0.163. The number of piperidine rings is 1. The molecule has 0 saturated carbocycles. The molecule has 57 heavy (non-hydrogen) atoms. The first-order chi connectivity index (χ1) is 27.3. The minimum atomic E-state index is -4.66. The van der Waals surface area contributed by atoms with Crippen molar-refractivity contribution in [1.82, 2.24) is 24.7 Å². The van der Waals surface area contributed by atoms with Crippen LogP contribution in [0.1, 0.15) is 47.2 Å². The van der Waals surface area contributed by atoms with Crippen LogP contribution in [0.15, 0.2) is 59.0 Å². The first kappa shape index (κ1) is 38.1. The maximum Gasteiger partial charge on any atom is 0.433 e. The lowest BCUT2D eigenvalue weighted by molar-refractivity contribution is -0.143. The van der Waals surface area contributed by atoms with Crippen LogP contribution in [0.25, 0.3) is 46.0 Å². The van der Waals surface area contributed by atoms with Crippen LogP contribution < -0.4 is 15.9 Å². The SMILES string of the molecule is Cc1c(Nc2cc(C(F)(F)F)nc3c2=CCN(CN2CCC(O)C2)C=3)cccc1-c1cccc(-c2nc3cc(CN4CCC(C(=O)O)CC4)cc(C#N)c3o2)c1C. The number of aromatic nitrogens is 2. The lowest BCUT2D eigenvalue weighted by atomic mass is 9.92. The van der Waals surface area contributed by atoms with Crippen LogP contribution in [0.4, 0.5) is 24.5 Å². The summed E-state index contributed by atoms with van der Waals surface area (Å²) in [6.45, 7) is 7.97. The molecule has 0 radical (unpaired) electrons. The van der Waals surface area contributed by atoms with Crippen LogP contribution in [-0.4, -0.2) is 86.3 Å². The van der Waals surface area contributed by atoms with E-state index < -0.39 is 23.9 Å². The molecule has 14 heteroatoms. The van der Waals surface area contributed by atoms with E-state index in [1.807, 2.05) is 67.3 Å². The zero-order chi connectivity index (χ0) is 40.0. The zero-order valence-corrected chi connectivity index (χ0v) is 31.6. The van der Waals surface area contributed by atoms with E-state index in [9.17, 15) is 33.4 Å². The number of aliphatic carboxylic acids is 1. The first-order valence-corrected chi connectivity index (χ1v) is 19.0. The Morgan fingerprint density at radius 2 is 1.68 bits per heavy atom. The van der Waals surface area contributed by atoms with E-state index in [2.05, 4.69) is 26.2 Å². The number of pyridine rings is 1. The molecule has 0 bridgehead atoms. The average Bonchev–Trinajstić information content (AvgIpc) is 3.80. The second-order valence-electron chi connectivity index (χ2n) is 15.2. The number of aliphatic hydroxyl groups is 1. The molecule has 1 atom stereocenters. The van der Waals surface area contributed by atoms with E-state index in [4.69, 9.17) is 9.40 Å². The van der Waals surface area contributed by atoms with E-state index in [0.29, 0.717) is 97.8 Å². The van der Waals surface area contributed by atoms with Gasteiger partial charge in [0.15, 0.2) is 5.58 Å². The number of β-amino-alcohol motifs (C(OH)–C–C–N with tert-alkyl or cyclic N) is 1. The summed E-state index contributed by atoms with van der Waals surface area (Å²) in [5.41, 5.74) is 6.34. The van der Waals surface area contributed by atoms with Gasteiger partial charge in [0.05, 0.1) is 29.6 Å². The van der Waals surface area contributed by atoms with Gasteiger partial charge in [-0.3, -0.25) is 14.6 Å². The summed E-state index contributed by atoms with van der Waals surface area (Å²) in [5.74, 6) is -0.732. The van der Waals surface area contributed by atoms with Gasteiger partial charge in [-0.25, -0.2) is 9.97 Å². The summed E-state index contributed by atoms with van der Waals surface area (Å²) < 4.78 is 48.8. The third kappa shape index (κ3) is 7.83. The molecule has 11 nitrogen and oxygen atoms in total. The molecule has 3 N–H and O–H groups in total. The molecule has 2 saturated heterocycles. The fraction of sp³-hybridized carbons (Fsp3) is 0.349. The summed E-state index contributed by atoms with van der Waals surface area (Å²) in [6.07, 6.45) is 0.326. The molecule has 3 aliphatic rings. The number of alkyl halides is 3. The fourth-order valence-electron chi connectivity index (χ4n) is 8.21. The Labute approximate surface area is 327 Å². The number of carboxylic acid groups (broad SMARTS) is 1. The highest BCUT2D eigenvalue weighted by atomic mass is 19.4. The van der Waals surface area contributed by atoms with E-state index in [-0.39, 0.29) is 11.3 Å². The Balaban J connectivity index is 1.09. The summed E-state index contributed by atoms with van der Waals surface area (Å²) in [7, 11) is 0. The molecule has 0 spiro atoms. The third-order valence-corrected chi connectivity index (χ3v) is 11.3. The van der Waals surface area contributed by atoms with Crippen molar-refractivity contribution >= 4 is 40.7 Å². The Morgan fingerprint density at radius 3 is 2.39 bits per heavy atom. The molecular weight excluding hydrogens is 736 g/mol. The number of halogens is 3. The number of hydrogen-bond donors (Lipinski definition) is 3. The molecule has 3 aliphatic heterocycles. The number of benzene rings is 3. The van der Waals surface area contributed by atoms with Crippen LogP contribution in [0.5, 0.6) is 0 Å². The predicted octanol–water partition coefficient (Wildman–Crippen LogP) is 5.96. The van der Waals surface area contributed by atoms with Crippen LogP contribution >= 0.6 is 0 Å². The summed E-state index contributed by atoms with van der Waals surface area (Å²) in [4.78, 5) is 26.4. The minimum Gasteiger partial charge on any atom is -0.481 e. The number of hydrogen-bond acceptors (Lipinski definition) is 10. The van der Waals surface area contributed by atoms with Crippen molar-refractivity contribution < 1.29 is 32.6 Å². The van der Waals surface area contributed by atoms with Gasteiger partial charge in [-0.1, -0.05) is 30.3 Å². The maximum atomic E-state index is 14.2. The molecule has 0 aliphatic carbocycles. The molecule has 8 rings (SSSR count). The zero-order valence-electron chi connectivity index (χ0n) is 31.6. The Hall–Kier alpha value is -5.75. The van der Waals surface area contributed by atoms with Gasteiger partial charge in [0.2, 0.25) is 5.89 Å². The Morgan fingerprint density at radius 1 is 0.965 bits per heavy atom. The second-order valence-corrected chi connectivity index (χ2v) is 15.2. The van der Waals surface area contributed by atoms with Crippen molar-refractivity contribution in [3.8, 4) is 28.7 Å². The van der Waals surface area contributed by atoms with Crippen LogP contribution in [-0.2, 0) is 17.5 Å². The van der Waals surface area contributed by atoms with Crippen molar-refractivity contribution in [1.29, 1.82) is 5.26 Å². The molecule has 294 valence electrons. The molecule has 5 heterocycles. The molecule has 0 amide bonds. The van der Waals surface area contributed by atoms with Gasteiger partial charge in [-0.05, 0) is 104 Å². The molecule has 2 fully saturated rings. The smallest absolute Gasteiger partial charge is 0.433 e. The number of nitrogens with zero attached hydrogens (tertiary/aromatic N) is 6. The number of likely N-dealkylation sites (tertiary alicyclic amines) is 2. The predicted molar refractivity (Wildman–Crippen MR) is 209 cm³/mol. The van der Waals surface area contributed by atoms with Crippen LogP contribution in [0.3, 0.4) is 0 Å². The highest BCUT2D eigenvalue weighted by molar-refractivity contribution is 5.85. The van der Waals surface area contributed by atoms with Gasteiger partial charge >= 0.3 is 12.1 Å². The minimum absolute atomic E-state index is 0.223. The third-order valence-electron chi connectivity index (χ3n) is 11.3. The summed E-state index contributed by atoms with van der Waals surface area (Å²) >= 11 is 0. The monoisotopic (exact) mass is 777 g/mol. The summed E-state index contributed by atoms with van der Waals surface area (Å²) in [5, 5.41) is 33.5. The van der Waals surface area contributed by atoms with Crippen molar-refractivity contribution in [2.24, 2.45) is 5.92 Å². The van der Waals surface area contributed by atoms with Crippen molar-refractivity contribution in [2.75, 3.05) is 44.7 Å². The highest BCUT2D eigenvalue weighted by Gasteiger charge is 2.34. The van der Waals surface area contributed by atoms with E-state index in [1.54, 1.807) is 12.3 Å². The Bertz CT molecular complexity index is 2540. The maximum absolute atomic E-state index is 14.2. The van der Waals surface area contributed by atoms with Crippen LogP contribution in [0.2, 0.25) is 0 Å². The van der Waals surface area contributed by atoms with Crippen molar-refractivity contribution in [3.05, 3.63) is 93.1 Å². The second kappa shape index (κ2) is 15.3. The lowest BCUT2D eigenvalue weighted by Crippen LogP contribution is -2.43. The highest BCUT2D eigenvalue weighted by Crippen LogP contribution is 2.38. The number of nitriles is 1. The number of anilines is 2. The molecular formula is C43H42F3N7O4. The van der Waals surface area contributed by atoms with Gasteiger partial charge in [-0.15, -0.1) is 0 Å². The standard InChI is InChI=1S/C43H42F3N7O4/c1-25-31(5-3-7-33(25)41-50-37-18-27(17-29(20-47)40(37)57-41)21-51-13-9-28(10-14-51)42(55)56)32-6-4-8-35(26(32)2)48-36-19-39(43(44,45)46)49-38-23-53(16-12-34(36)38)24-52-15-11-30(54)22-52/h3-8,12,17-19,23,28,30,48,54H,9-11,13-16,21-22,24H2,1-2H3,(H,55,56). The van der Waals surface area contributed by atoms with Crippen molar-refractivity contribution in [2.45, 2.75) is 51.9 Å². The first-order valence-electron chi connectivity index (χ1n) is 19.0. The van der Waals surface area contributed by atoms with Gasteiger partial charge in [0.1, 0.15) is 17.3 Å². The van der Waals surface area contributed by atoms with E-state index >= 15 is 0 Å². The van der Waals surface area contributed by atoms with Gasteiger partial charge < -0.3 is 24.8 Å². The topological polar surface area (TPSA) is 142 Å². The van der Waals surface area contributed by atoms with Gasteiger partial charge in [-0.2, -0.15) is 18.4 Å². The number of aliphatic hydroxyl groups excluding tert-OH is 1. The fourth-order valence-corrected chi connectivity index (χ4v) is 8.21. The molecule has 1 unspecified atom stereocenters. The largest absolute Gasteiger partial charge is 0.481 e. The molecule has 5 aromatic rings. The lowest BCUT2D eigenvalue weighted by Gasteiger charge is -2.30. The van der Waals surface area contributed by atoms with E-state index in [1.165, 1.54) is 0 Å². The number of nitrogens with one attached hydrogen (secondary N) is 1. The van der Waals surface area contributed by atoms with Gasteiger partial charge in [0, 0.05) is 54.5 Å². The van der Waals surface area contributed by atoms with Crippen LogP contribution in [0, 0.1) is 31.1 Å². The number of fused-ring (bicyclic) bond motifs is 2. The number of carbonyl (C=O) groups is 1. The number of oxazole rings is 1. The van der Waals surface area contributed by atoms with Gasteiger partial charge in [0.25, 0.3) is 0 Å². The number of rotatable bonds is 9. The molecule has 3 aromatic carbocycles. The Kier molecular flexibility index (Phi) is 10.2. The number of carboxylic acids is 1. The normalized spacial score (nSPS) is 17.9. The molecule has 2 aromatic heterocycles. The average molecular weight is 778 g/mol. The summed E-state index contributed by atoms with van der Waals surface area (Å²) in [6, 6.07) is 18.5. The van der Waals surface area contributed by atoms with Crippen molar-refractivity contribution in [3.63, 3.8) is 0 Å².